The van der Waals surface area contributed by atoms with Crippen molar-refractivity contribution in [1.29, 1.82) is 0 Å². The molecule has 0 aliphatic rings. The molecule has 0 aliphatic carbocycles. The molecule has 1 aromatic carbocycles. The van der Waals surface area contributed by atoms with E-state index in [2.05, 4.69) is 10.3 Å². The van der Waals surface area contributed by atoms with E-state index >= 15 is 0 Å². The van der Waals surface area contributed by atoms with E-state index in [1.54, 1.807) is 6.07 Å². The number of hydrogen-bond donors (Lipinski definition) is 2. The van der Waals surface area contributed by atoms with E-state index < -0.39 is 0 Å². The number of rotatable bonds is 4. The monoisotopic (exact) mass is 270 g/mol. The molecule has 0 radical (unpaired) electrons. The topological polar surface area (TPSA) is 62.2 Å². The molecule has 0 saturated carbocycles. The first kappa shape index (κ1) is 14.2. The van der Waals surface area contributed by atoms with Crippen molar-refractivity contribution in [2.75, 3.05) is 11.9 Å². The summed E-state index contributed by atoms with van der Waals surface area (Å²) < 4.78 is 0. The van der Waals surface area contributed by atoms with Gasteiger partial charge in [0.05, 0.1) is 11.3 Å². The quantitative estimate of drug-likeness (QED) is 0.897. The van der Waals surface area contributed by atoms with Crippen molar-refractivity contribution in [2.24, 2.45) is 0 Å². The molecule has 2 N–H and O–H groups in total. The van der Waals surface area contributed by atoms with Crippen molar-refractivity contribution in [1.82, 2.24) is 4.98 Å². The molecule has 4 heteroatoms. The third-order valence-electron chi connectivity index (χ3n) is 3.08. The summed E-state index contributed by atoms with van der Waals surface area (Å²) in [5, 5.41) is 11.7. The summed E-state index contributed by atoms with van der Waals surface area (Å²) in [7, 11) is 0. The molecular weight excluding hydrogens is 252 g/mol. The largest absolute Gasteiger partial charge is 0.396 e. The first-order valence-electron chi connectivity index (χ1n) is 6.55. The molecule has 0 bridgehead atoms. The Bertz CT molecular complexity index is 606. The Hall–Kier alpha value is -2.20. The Morgan fingerprint density at radius 3 is 2.45 bits per heavy atom. The highest BCUT2D eigenvalue weighted by atomic mass is 16.2. The first-order chi connectivity index (χ1) is 9.60. The highest BCUT2D eigenvalue weighted by Gasteiger charge is 2.10. The molecule has 20 heavy (non-hydrogen) atoms. The number of carbonyl (C=O) groups is 1. The van der Waals surface area contributed by atoms with Gasteiger partial charge in [0.25, 0.3) is 5.91 Å². The zero-order valence-corrected chi connectivity index (χ0v) is 11.7. The van der Waals surface area contributed by atoms with Gasteiger partial charge < -0.3 is 10.4 Å². The molecule has 4 nitrogen and oxygen atoms in total. The maximum atomic E-state index is 12.2. The maximum absolute atomic E-state index is 12.2. The van der Waals surface area contributed by atoms with E-state index in [1.807, 2.05) is 44.2 Å². The van der Waals surface area contributed by atoms with Gasteiger partial charge in [0.1, 0.15) is 0 Å². The maximum Gasteiger partial charge on any atom is 0.257 e. The van der Waals surface area contributed by atoms with Crippen LogP contribution in [0.15, 0.2) is 36.4 Å². The van der Waals surface area contributed by atoms with E-state index in [9.17, 15) is 4.79 Å². The van der Waals surface area contributed by atoms with Gasteiger partial charge in [-0.15, -0.1) is 0 Å². The van der Waals surface area contributed by atoms with Crippen LogP contribution in [0.2, 0.25) is 0 Å². The fourth-order valence-corrected chi connectivity index (χ4v) is 2.01. The Balaban J connectivity index is 2.11. The standard InChI is InChI=1S/C16H18N2O2/c1-11-3-8-15(12(2)17-11)16(20)18-14-6-4-13(5-7-14)9-10-19/h3-8,19H,9-10H2,1-2H3,(H,18,20). The normalized spacial score (nSPS) is 10.3. The lowest BCUT2D eigenvalue weighted by atomic mass is 10.1. The van der Waals surface area contributed by atoms with E-state index in [0.29, 0.717) is 12.0 Å². The molecular formula is C16H18N2O2. The average molecular weight is 270 g/mol. The molecule has 2 aromatic rings. The molecule has 0 spiro atoms. The molecule has 0 saturated heterocycles. The molecule has 1 aromatic heterocycles. The second kappa shape index (κ2) is 6.30. The highest BCUT2D eigenvalue weighted by Crippen LogP contribution is 2.13. The number of anilines is 1. The highest BCUT2D eigenvalue weighted by molar-refractivity contribution is 6.04. The summed E-state index contributed by atoms with van der Waals surface area (Å²) in [6, 6.07) is 11.1. The van der Waals surface area contributed by atoms with Crippen LogP contribution >= 0.6 is 0 Å². The SMILES string of the molecule is Cc1ccc(C(=O)Nc2ccc(CCO)cc2)c(C)n1. The second-order valence-electron chi connectivity index (χ2n) is 4.71. The minimum absolute atomic E-state index is 0.125. The van der Waals surface area contributed by atoms with Crippen molar-refractivity contribution < 1.29 is 9.90 Å². The fourth-order valence-electron chi connectivity index (χ4n) is 2.01. The van der Waals surface area contributed by atoms with Crippen molar-refractivity contribution in [3.05, 3.63) is 58.9 Å². The number of aliphatic hydroxyl groups excluding tert-OH is 1. The Kier molecular flexibility index (Phi) is 4.48. The Labute approximate surface area is 118 Å². The van der Waals surface area contributed by atoms with Crippen LogP contribution in [0.1, 0.15) is 27.3 Å². The summed E-state index contributed by atoms with van der Waals surface area (Å²) in [6.45, 7) is 3.85. The predicted molar refractivity (Wildman–Crippen MR) is 78.9 cm³/mol. The number of benzene rings is 1. The summed E-state index contributed by atoms with van der Waals surface area (Å²) in [5.74, 6) is -0.162. The minimum Gasteiger partial charge on any atom is -0.396 e. The number of hydrogen-bond acceptors (Lipinski definition) is 3. The van der Waals surface area contributed by atoms with Gasteiger partial charge >= 0.3 is 0 Å². The van der Waals surface area contributed by atoms with Crippen LogP contribution in [-0.4, -0.2) is 22.6 Å². The van der Waals surface area contributed by atoms with Crippen LogP contribution in [0.5, 0.6) is 0 Å². The smallest absolute Gasteiger partial charge is 0.257 e. The first-order valence-corrected chi connectivity index (χ1v) is 6.55. The summed E-state index contributed by atoms with van der Waals surface area (Å²) in [5.41, 5.74) is 3.97. The lowest BCUT2D eigenvalue weighted by Gasteiger charge is -2.08. The molecule has 0 atom stereocenters. The van der Waals surface area contributed by atoms with Crippen molar-refractivity contribution >= 4 is 11.6 Å². The van der Waals surface area contributed by atoms with Gasteiger partial charge in [-0.05, 0) is 50.1 Å². The van der Waals surface area contributed by atoms with Gasteiger partial charge in [-0.3, -0.25) is 9.78 Å². The van der Waals surface area contributed by atoms with Crippen LogP contribution in [0, 0.1) is 13.8 Å². The van der Waals surface area contributed by atoms with Gasteiger partial charge in [0.15, 0.2) is 0 Å². The number of aliphatic hydroxyl groups is 1. The van der Waals surface area contributed by atoms with Crippen molar-refractivity contribution in [3.63, 3.8) is 0 Å². The van der Waals surface area contributed by atoms with Gasteiger partial charge in [-0.1, -0.05) is 12.1 Å². The molecule has 0 aliphatic heterocycles. The van der Waals surface area contributed by atoms with Crippen LogP contribution in [0.25, 0.3) is 0 Å². The summed E-state index contributed by atoms with van der Waals surface area (Å²) in [6.07, 6.45) is 0.620. The number of amides is 1. The lowest BCUT2D eigenvalue weighted by Crippen LogP contribution is -2.14. The van der Waals surface area contributed by atoms with Crippen LogP contribution < -0.4 is 5.32 Å². The number of aromatic nitrogens is 1. The Morgan fingerprint density at radius 1 is 1.15 bits per heavy atom. The zero-order valence-electron chi connectivity index (χ0n) is 11.7. The number of pyridine rings is 1. The molecule has 1 heterocycles. The van der Waals surface area contributed by atoms with E-state index in [1.165, 1.54) is 0 Å². The van der Waals surface area contributed by atoms with Gasteiger partial charge in [0, 0.05) is 18.0 Å². The molecule has 0 unspecified atom stereocenters. The predicted octanol–water partition coefficient (Wildman–Crippen LogP) is 2.49. The van der Waals surface area contributed by atoms with Crippen molar-refractivity contribution in [3.8, 4) is 0 Å². The van der Waals surface area contributed by atoms with E-state index in [4.69, 9.17) is 5.11 Å². The lowest BCUT2D eigenvalue weighted by molar-refractivity contribution is 0.102. The van der Waals surface area contributed by atoms with E-state index in [-0.39, 0.29) is 12.5 Å². The number of aryl methyl sites for hydroxylation is 2. The van der Waals surface area contributed by atoms with Crippen LogP contribution in [-0.2, 0) is 6.42 Å². The molecule has 2 rings (SSSR count). The van der Waals surface area contributed by atoms with Crippen LogP contribution in [0.3, 0.4) is 0 Å². The number of carbonyl (C=O) groups excluding carboxylic acids is 1. The van der Waals surface area contributed by atoms with Gasteiger partial charge in [-0.25, -0.2) is 0 Å². The number of nitrogens with one attached hydrogen (secondary N) is 1. The molecule has 104 valence electrons. The fraction of sp³-hybridized carbons (Fsp3) is 0.250. The Morgan fingerprint density at radius 2 is 1.85 bits per heavy atom. The summed E-state index contributed by atoms with van der Waals surface area (Å²) >= 11 is 0. The number of nitrogens with zero attached hydrogens (tertiary/aromatic N) is 1. The molecule has 1 amide bonds. The van der Waals surface area contributed by atoms with Gasteiger partial charge in [0.2, 0.25) is 0 Å². The van der Waals surface area contributed by atoms with Gasteiger partial charge in [-0.2, -0.15) is 0 Å². The zero-order chi connectivity index (χ0) is 14.5. The van der Waals surface area contributed by atoms with E-state index in [0.717, 1.165) is 22.6 Å². The average Bonchev–Trinajstić information content (AvgIpc) is 2.41. The second-order valence-corrected chi connectivity index (χ2v) is 4.71. The summed E-state index contributed by atoms with van der Waals surface area (Å²) in [4.78, 5) is 16.5. The van der Waals surface area contributed by atoms with Crippen molar-refractivity contribution in [2.45, 2.75) is 20.3 Å². The molecule has 0 fully saturated rings. The third-order valence-corrected chi connectivity index (χ3v) is 3.08. The minimum atomic E-state index is -0.162. The van der Waals surface area contributed by atoms with Crippen LogP contribution in [0.4, 0.5) is 5.69 Å². The third kappa shape index (κ3) is 3.42.